The van der Waals surface area contributed by atoms with Crippen molar-refractivity contribution in [2.45, 2.75) is 12.8 Å². The highest BCUT2D eigenvalue weighted by Gasteiger charge is 2.25. The normalized spacial score (nSPS) is 16.1. The van der Waals surface area contributed by atoms with Gasteiger partial charge < -0.3 is 19.9 Å². The van der Waals surface area contributed by atoms with Crippen LogP contribution in [0.1, 0.15) is 12.8 Å². The van der Waals surface area contributed by atoms with E-state index < -0.39 is 17.7 Å². The third kappa shape index (κ3) is 3.87. The van der Waals surface area contributed by atoms with Crippen LogP contribution in [0.25, 0.3) is 22.2 Å². The summed E-state index contributed by atoms with van der Waals surface area (Å²) >= 11 is 0. The number of carboxylic acid groups (broad SMARTS) is 1. The van der Waals surface area contributed by atoms with Crippen LogP contribution in [0.15, 0.2) is 53.6 Å². The minimum absolute atomic E-state index is 0.194. The van der Waals surface area contributed by atoms with E-state index in [1.807, 2.05) is 11.0 Å². The summed E-state index contributed by atoms with van der Waals surface area (Å²) in [7, 11) is 1.59. The van der Waals surface area contributed by atoms with Crippen LogP contribution in [0.2, 0.25) is 0 Å². The van der Waals surface area contributed by atoms with E-state index >= 15 is 4.39 Å². The van der Waals surface area contributed by atoms with Crippen molar-refractivity contribution in [2.24, 2.45) is 13.0 Å². The minimum Gasteiger partial charge on any atom is -0.481 e. The number of nitrogens with zero attached hydrogens (tertiary/aromatic N) is 4. The molecule has 34 heavy (non-hydrogen) atoms. The maximum Gasteiger partial charge on any atom is 0.308 e. The predicted molar refractivity (Wildman–Crippen MR) is 127 cm³/mol. The van der Waals surface area contributed by atoms with Crippen molar-refractivity contribution in [1.82, 2.24) is 19.7 Å². The Morgan fingerprint density at radius 3 is 2.82 bits per heavy atom. The summed E-state index contributed by atoms with van der Waals surface area (Å²) in [6.45, 7) is 1.20. The standard InChI is InChI=1S/C24H23FN6O3/c1-30-20-6-5-16(18-8-9-27-29-18)22(25)17(20)11-19(23(30)32)28-21-7-4-15(12-26-21)31-10-2-3-14(13-31)24(33)34/h4-9,11-12,14H,2-3,10,13H2,1H3,(H,26,28)(H,27,29)(H,33,34)/t14-/m1/s1. The number of nitrogens with one attached hydrogen (secondary N) is 2. The molecule has 174 valence electrons. The van der Waals surface area contributed by atoms with E-state index in [9.17, 15) is 14.7 Å². The van der Waals surface area contributed by atoms with Crippen molar-refractivity contribution >= 4 is 34.1 Å². The average molecular weight is 462 g/mol. The number of carboxylic acids is 1. The fourth-order valence-corrected chi connectivity index (χ4v) is 4.41. The second kappa shape index (κ2) is 8.62. The first-order valence-corrected chi connectivity index (χ1v) is 10.9. The van der Waals surface area contributed by atoms with Gasteiger partial charge in [0.1, 0.15) is 17.3 Å². The van der Waals surface area contributed by atoms with Gasteiger partial charge in [-0.15, -0.1) is 0 Å². The molecule has 1 aromatic carbocycles. The first-order chi connectivity index (χ1) is 16.4. The summed E-state index contributed by atoms with van der Waals surface area (Å²) in [5, 5.41) is 19.2. The second-order valence-corrected chi connectivity index (χ2v) is 8.40. The molecule has 0 amide bonds. The van der Waals surface area contributed by atoms with E-state index in [2.05, 4.69) is 20.5 Å². The van der Waals surface area contributed by atoms with Crippen LogP contribution in [0.5, 0.6) is 0 Å². The number of aromatic nitrogens is 4. The highest BCUT2D eigenvalue weighted by molar-refractivity contribution is 5.88. The molecule has 0 saturated carbocycles. The molecule has 1 aliphatic heterocycles. The average Bonchev–Trinajstić information content (AvgIpc) is 3.38. The molecule has 0 aliphatic carbocycles. The number of carbonyl (C=O) groups is 1. The van der Waals surface area contributed by atoms with Crippen LogP contribution in [0.3, 0.4) is 0 Å². The highest BCUT2D eigenvalue weighted by Crippen LogP contribution is 2.29. The lowest BCUT2D eigenvalue weighted by atomic mass is 9.98. The van der Waals surface area contributed by atoms with E-state index in [1.165, 1.54) is 10.6 Å². The van der Waals surface area contributed by atoms with Gasteiger partial charge in [0.15, 0.2) is 0 Å². The molecular formula is C24H23FN6O3. The molecule has 1 fully saturated rings. The number of halogens is 1. The number of aryl methyl sites for hydroxylation is 1. The highest BCUT2D eigenvalue weighted by atomic mass is 19.1. The van der Waals surface area contributed by atoms with Gasteiger partial charge in [0.25, 0.3) is 5.56 Å². The van der Waals surface area contributed by atoms with Crippen LogP contribution >= 0.6 is 0 Å². The number of piperidine rings is 1. The predicted octanol–water partition coefficient (Wildman–Crippen LogP) is 3.51. The van der Waals surface area contributed by atoms with Crippen LogP contribution in [-0.4, -0.2) is 43.9 Å². The van der Waals surface area contributed by atoms with Gasteiger partial charge in [0, 0.05) is 37.3 Å². The van der Waals surface area contributed by atoms with Gasteiger partial charge in [0.05, 0.1) is 29.0 Å². The largest absolute Gasteiger partial charge is 0.481 e. The molecule has 5 rings (SSSR count). The summed E-state index contributed by atoms with van der Waals surface area (Å²) < 4.78 is 16.8. The van der Waals surface area contributed by atoms with Gasteiger partial charge >= 0.3 is 5.97 Å². The van der Waals surface area contributed by atoms with Crippen LogP contribution < -0.4 is 15.8 Å². The maximum atomic E-state index is 15.4. The third-order valence-electron chi connectivity index (χ3n) is 6.28. The number of pyridine rings is 2. The SMILES string of the molecule is Cn1c(=O)c(Nc2ccc(N3CCC[C@@H](C(=O)O)C3)cn2)cc2c(F)c(-c3ccn[nH]3)ccc21. The van der Waals surface area contributed by atoms with Crippen molar-refractivity contribution in [3.05, 3.63) is 65.0 Å². The van der Waals surface area contributed by atoms with E-state index in [4.69, 9.17) is 0 Å². The summed E-state index contributed by atoms with van der Waals surface area (Å²) in [6, 6.07) is 10.1. The van der Waals surface area contributed by atoms with Gasteiger partial charge in [-0.05, 0) is 49.2 Å². The Morgan fingerprint density at radius 2 is 2.12 bits per heavy atom. The molecule has 3 N–H and O–H groups in total. The summed E-state index contributed by atoms with van der Waals surface area (Å²) in [5.74, 6) is -1.21. The van der Waals surface area contributed by atoms with Crippen LogP contribution in [0.4, 0.5) is 21.6 Å². The maximum absolute atomic E-state index is 15.4. The van der Waals surface area contributed by atoms with Crippen molar-refractivity contribution in [3.63, 3.8) is 0 Å². The number of aliphatic carboxylic acids is 1. The molecule has 1 aliphatic rings. The number of fused-ring (bicyclic) bond motifs is 1. The molecule has 3 aromatic heterocycles. The first-order valence-electron chi connectivity index (χ1n) is 10.9. The van der Waals surface area contributed by atoms with E-state index in [1.54, 1.807) is 43.7 Å². The molecule has 0 unspecified atom stereocenters. The molecule has 9 nitrogen and oxygen atoms in total. The van der Waals surface area contributed by atoms with Crippen molar-refractivity contribution in [3.8, 4) is 11.3 Å². The Kier molecular flexibility index (Phi) is 5.48. The fraction of sp³-hybridized carbons (Fsp3) is 0.250. The molecule has 0 radical (unpaired) electrons. The second-order valence-electron chi connectivity index (χ2n) is 8.40. The number of hydrogen-bond acceptors (Lipinski definition) is 6. The molecule has 4 heterocycles. The number of anilines is 3. The topological polar surface area (TPSA) is 116 Å². The van der Waals surface area contributed by atoms with Gasteiger partial charge in [-0.2, -0.15) is 5.10 Å². The minimum atomic E-state index is -0.786. The van der Waals surface area contributed by atoms with Gasteiger partial charge in [-0.25, -0.2) is 9.37 Å². The number of rotatable bonds is 5. The lowest BCUT2D eigenvalue weighted by Gasteiger charge is -2.32. The zero-order valence-electron chi connectivity index (χ0n) is 18.5. The Balaban J connectivity index is 1.44. The third-order valence-corrected chi connectivity index (χ3v) is 6.28. The van der Waals surface area contributed by atoms with E-state index in [-0.39, 0.29) is 11.2 Å². The first kappa shape index (κ1) is 21.6. The van der Waals surface area contributed by atoms with Crippen molar-refractivity contribution in [1.29, 1.82) is 0 Å². The van der Waals surface area contributed by atoms with Crippen LogP contribution in [-0.2, 0) is 11.8 Å². The smallest absolute Gasteiger partial charge is 0.308 e. The summed E-state index contributed by atoms with van der Waals surface area (Å²) in [4.78, 5) is 30.6. The Bertz CT molecular complexity index is 1420. The summed E-state index contributed by atoms with van der Waals surface area (Å²) in [6.07, 6.45) is 4.67. The monoisotopic (exact) mass is 462 g/mol. The Hall–Kier alpha value is -4.21. The zero-order valence-corrected chi connectivity index (χ0v) is 18.5. The molecule has 1 atom stereocenters. The van der Waals surface area contributed by atoms with Crippen molar-refractivity contribution < 1.29 is 14.3 Å². The number of aromatic amines is 1. The van der Waals surface area contributed by atoms with Gasteiger partial charge in [-0.3, -0.25) is 14.7 Å². The number of H-pyrrole nitrogens is 1. The van der Waals surface area contributed by atoms with E-state index in [0.29, 0.717) is 40.9 Å². The Labute approximate surface area is 193 Å². The van der Waals surface area contributed by atoms with Gasteiger partial charge in [-0.1, -0.05) is 0 Å². The molecule has 1 saturated heterocycles. The molecule has 0 bridgehead atoms. The molecule has 0 spiro atoms. The van der Waals surface area contributed by atoms with E-state index in [0.717, 1.165) is 18.7 Å². The fourth-order valence-electron chi connectivity index (χ4n) is 4.41. The molecule has 10 heteroatoms. The number of benzene rings is 1. The van der Waals surface area contributed by atoms with Crippen LogP contribution in [0, 0.1) is 11.7 Å². The number of hydrogen-bond donors (Lipinski definition) is 3. The van der Waals surface area contributed by atoms with Crippen molar-refractivity contribution in [2.75, 3.05) is 23.3 Å². The lowest BCUT2D eigenvalue weighted by Crippen LogP contribution is -2.38. The lowest BCUT2D eigenvalue weighted by molar-refractivity contribution is -0.141. The molecular weight excluding hydrogens is 439 g/mol. The zero-order chi connectivity index (χ0) is 23.8. The summed E-state index contributed by atoms with van der Waals surface area (Å²) in [5.41, 5.74) is 2.07. The Morgan fingerprint density at radius 1 is 1.26 bits per heavy atom. The van der Waals surface area contributed by atoms with Gasteiger partial charge in [0.2, 0.25) is 0 Å². The quantitative estimate of drug-likeness (QED) is 0.416. The molecule has 4 aromatic rings.